The molecule has 1 atom stereocenters. The highest BCUT2D eigenvalue weighted by Gasteiger charge is 2.45. The van der Waals surface area contributed by atoms with Crippen LogP contribution in [-0.2, 0) is 41.1 Å². The highest BCUT2D eigenvalue weighted by molar-refractivity contribution is 6.10. The number of esters is 1. The van der Waals surface area contributed by atoms with Crippen molar-refractivity contribution in [3.8, 4) is 22.5 Å². The summed E-state index contributed by atoms with van der Waals surface area (Å²) < 4.78 is 6.92. The lowest BCUT2D eigenvalue weighted by atomic mass is 9.86. The molecule has 0 bridgehead atoms. The standard InChI is InChI=1S/C34H30N2O5/c1-3-23-25-17-36-29(16-27-26(32(36)38)18-41-33(39)34(27,40)4-2)31(25)35-28-12-11-21-9-10-22(15-24(21)30(23)28)20-7-5-19(6-8-20)13-14-37/h5-12,15-16,37,40H,3-4,13-14,17-18H2,1-2H3/t34-/m0/s1. The summed E-state index contributed by atoms with van der Waals surface area (Å²) in [4.78, 5) is 31.3. The number of aryl methyl sites for hydroxylation is 1. The van der Waals surface area contributed by atoms with Crippen molar-refractivity contribution < 1.29 is 19.7 Å². The first-order valence-corrected chi connectivity index (χ1v) is 14.1. The zero-order valence-electron chi connectivity index (χ0n) is 23.0. The van der Waals surface area contributed by atoms with Crippen LogP contribution < -0.4 is 5.56 Å². The molecule has 2 aliphatic heterocycles. The maximum atomic E-state index is 13.7. The molecule has 41 heavy (non-hydrogen) atoms. The second-order valence-corrected chi connectivity index (χ2v) is 10.9. The molecule has 5 aromatic rings. The first-order valence-electron chi connectivity index (χ1n) is 14.1. The third kappa shape index (κ3) is 3.69. The Hall–Kier alpha value is -4.33. The Morgan fingerprint density at radius 1 is 0.976 bits per heavy atom. The lowest BCUT2D eigenvalue weighted by Gasteiger charge is -2.31. The van der Waals surface area contributed by atoms with Crippen molar-refractivity contribution in [2.24, 2.45) is 0 Å². The number of fused-ring (bicyclic) bond motifs is 7. The van der Waals surface area contributed by atoms with Crippen molar-refractivity contribution in [2.45, 2.75) is 51.9 Å². The number of aliphatic hydroxyl groups excluding tert-OH is 1. The van der Waals surface area contributed by atoms with Gasteiger partial charge in [-0.15, -0.1) is 0 Å². The van der Waals surface area contributed by atoms with Crippen molar-refractivity contribution in [1.29, 1.82) is 0 Å². The molecule has 3 aromatic carbocycles. The van der Waals surface area contributed by atoms with E-state index in [4.69, 9.17) is 9.72 Å². The van der Waals surface area contributed by atoms with E-state index in [0.717, 1.165) is 61.6 Å². The quantitative estimate of drug-likeness (QED) is 0.233. The Labute approximate surface area is 236 Å². The predicted molar refractivity (Wildman–Crippen MR) is 158 cm³/mol. The fourth-order valence-electron chi connectivity index (χ4n) is 6.56. The summed E-state index contributed by atoms with van der Waals surface area (Å²) in [7, 11) is 0. The van der Waals surface area contributed by atoms with E-state index in [2.05, 4.69) is 55.5 Å². The van der Waals surface area contributed by atoms with Crippen LogP contribution in [0.3, 0.4) is 0 Å². The van der Waals surface area contributed by atoms with Gasteiger partial charge >= 0.3 is 5.97 Å². The summed E-state index contributed by atoms with van der Waals surface area (Å²) in [5, 5.41) is 23.8. The Balaban J connectivity index is 1.44. The minimum absolute atomic E-state index is 0.110. The van der Waals surface area contributed by atoms with Gasteiger partial charge in [0.25, 0.3) is 5.56 Å². The smallest absolute Gasteiger partial charge is 0.343 e. The zero-order chi connectivity index (χ0) is 28.5. The van der Waals surface area contributed by atoms with Gasteiger partial charge in [-0.2, -0.15) is 0 Å². The fourth-order valence-corrected chi connectivity index (χ4v) is 6.56. The Morgan fingerprint density at radius 2 is 1.73 bits per heavy atom. The van der Waals surface area contributed by atoms with Gasteiger partial charge in [-0.3, -0.25) is 4.79 Å². The van der Waals surface area contributed by atoms with Gasteiger partial charge < -0.3 is 19.5 Å². The number of aliphatic hydroxyl groups is 2. The molecule has 0 fully saturated rings. The van der Waals surface area contributed by atoms with Crippen LogP contribution in [0, 0.1) is 0 Å². The third-order valence-electron chi connectivity index (χ3n) is 8.83. The molecular weight excluding hydrogens is 516 g/mol. The number of carbonyl (C=O) groups is 1. The molecular formula is C34H30N2O5. The number of pyridine rings is 2. The average molecular weight is 547 g/mol. The normalized spacial score (nSPS) is 17.4. The highest BCUT2D eigenvalue weighted by Crippen LogP contribution is 2.42. The number of hydrogen-bond donors (Lipinski definition) is 2. The third-order valence-corrected chi connectivity index (χ3v) is 8.83. The number of cyclic esters (lactones) is 1. The van der Waals surface area contributed by atoms with Crippen molar-refractivity contribution in [2.75, 3.05) is 6.61 Å². The average Bonchev–Trinajstić information content (AvgIpc) is 3.37. The van der Waals surface area contributed by atoms with Crippen LogP contribution in [0.1, 0.15) is 48.1 Å². The van der Waals surface area contributed by atoms with Crippen LogP contribution in [0.5, 0.6) is 0 Å². The molecule has 2 N–H and O–H groups in total. The minimum Gasteiger partial charge on any atom is -0.458 e. The molecule has 0 amide bonds. The molecule has 4 heterocycles. The molecule has 0 spiro atoms. The lowest BCUT2D eigenvalue weighted by molar-refractivity contribution is -0.172. The van der Waals surface area contributed by atoms with Crippen molar-refractivity contribution in [3.05, 3.63) is 98.8 Å². The van der Waals surface area contributed by atoms with Gasteiger partial charge in [-0.25, -0.2) is 9.78 Å². The number of nitrogens with zero attached hydrogens (tertiary/aromatic N) is 2. The Kier molecular flexibility index (Phi) is 5.85. The number of aromatic nitrogens is 2. The highest BCUT2D eigenvalue weighted by atomic mass is 16.6. The van der Waals surface area contributed by atoms with Crippen LogP contribution in [-0.4, -0.2) is 32.3 Å². The molecule has 206 valence electrons. The number of carbonyl (C=O) groups excluding carboxylic acids is 1. The topological polar surface area (TPSA) is 102 Å². The number of benzene rings is 3. The summed E-state index contributed by atoms with van der Waals surface area (Å²) in [6, 6.07) is 20.6. The minimum atomic E-state index is -1.85. The van der Waals surface area contributed by atoms with E-state index in [1.54, 1.807) is 17.6 Å². The molecule has 0 radical (unpaired) electrons. The molecule has 0 aliphatic carbocycles. The van der Waals surface area contributed by atoms with Crippen molar-refractivity contribution >= 4 is 27.6 Å². The summed E-state index contributed by atoms with van der Waals surface area (Å²) in [6.07, 6.45) is 1.50. The van der Waals surface area contributed by atoms with Gasteiger partial charge in [0.15, 0.2) is 5.60 Å². The van der Waals surface area contributed by atoms with E-state index in [1.807, 2.05) is 6.07 Å². The van der Waals surface area contributed by atoms with E-state index in [-0.39, 0.29) is 25.2 Å². The van der Waals surface area contributed by atoms with Gasteiger partial charge in [0.1, 0.15) is 6.61 Å². The van der Waals surface area contributed by atoms with Gasteiger partial charge in [0, 0.05) is 23.1 Å². The van der Waals surface area contributed by atoms with Gasteiger partial charge in [0.05, 0.1) is 29.0 Å². The molecule has 2 aromatic heterocycles. The maximum absolute atomic E-state index is 13.7. The Bertz CT molecular complexity index is 1960. The summed E-state index contributed by atoms with van der Waals surface area (Å²) in [5.41, 5.74) is 6.18. The first-order chi connectivity index (χ1) is 19.9. The van der Waals surface area contributed by atoms with Crippen LogP contribution in [0.15, 0.2) is 65.5 Å². The second kappa shape index (κ2) is 9.36. The van der Waals surface area contributed by atoms with E-state index in [0.29, 0.717) is 29.8 Å². The van der Waals surface area contributed by atoms with E-state index in [9.17, 15) is 19.8 Å². The van der Waals surface area contributed by atoms with Crippen LogP contribution in [0.25, 0.3) is 44.2 Å². The van der Waals surface area contributed by atoms with Crippen molar-refractivity contribution in [1.82, 2.24) is 9.55 Å². The zero-order valence-corrected chi connectivity index (χ0v) is 23.0. The molecule has 7 heteroatoms. The molecule has 0 saturated heterocycles. The molecule has 7 nitrogen and oxygen atoms in total. The molecule has 0 unspecified atom stereocenters. The maximum Gasteiger partial charge on any atom is 0.343 e. The van der Waals surface area contributed by atoms with Crippen LogP contribution >= 0.6 is 0 Å². The predicted octanol–water partition coefficient (Wildman–Crippen LogP) is 5.00. The molecule has 2 aliphatic rings. The van der Waals surface area contributed by atoms with Gasteiger partial charge in [-0.05, 0) is 70.5 Å². The molecule has 0 saturated carbocycles. The summed E-state index contributed by atoms with van der Waals surface area (Å²) >= 11 is 0. The largest absolute Gasteiger partial charge is 0.458 e. The fraction of sp³-hybridized carbons (Fsp3) is 0.265. The van der Waals surface area contributed by atoms with Crippen LogP contribution in [0.4, 0.5) is 0 Å². The number of rotatable bonds is 5. The second-order valence-electron chi connectivity index (χ2n) is 10.9. The van der Waals surface area contributed by atoms with E-state index < -0.39 is 11.6 Å². The SMILES string of the molecule is CCc1c2c(nc3ccc4ccc(-c5ccc(CCO)cc5)cc4c13)-c1cc3c(c(=O)n1C2)COC(=O)[C@]3(O)CC. The van der Waals surface area contributed by atoms with Gasteiger partial charge in [-0.1, -0.05) is 56.3 Å². The lowest BCUT2D eigenvalue weighted by Crippen LogP contribution is -2.44. The van der Waals surface area contributed by atoms with E-state index in [1.165, 1.54) is 0 Å². The van der Waals surface area contributed by atoms with Gasteiger partial charge in [0.2, 0.25) is 0 Å². The van der Waals surface area contributed by atoms with Crippen molar-refractivity contribution in [3.63, 3.8) is 0 Å². The Morgan fingerprint density at radius 3 is 2.46 bits per heavy atom. The van der Waals surface area contributed by atoms with Crippen LogP contribution in [0.2, 0.25) is 0 Å². The number of ether oxygens (including phenoxy) is 1. The molecule has 7 rings (SSSR count). The summed E-state index contributed by atoms with van der Waals surface area (Å²) in [5.74, 6) is -0.721. The summed E-state index contributed by atoms with van der Waals surface area (Å²) in [6.45, 7) is 4.19. The monoisotopic (exact) mass is 546 g/mol. The number of hydrogen-bond acceptors (Lipinski definition) is 6. The first kappa shape index (κ1) is 25.6. The van der Waals surface area contributed by atoms with E-state index >= 15 is 0 Å².